The van der Waals surface area contributed by atoms with Crippen LogP contribution in [0.15, 0.2) is 0 Å². The summed E-state index contributed by atoms with van der Waals surface area (Å²) in [4.78, 5) is 0. The van der Waals surface area contributed by atoms with Crippen molar-refractivity contribution < 1.29 is 5.11 Å². The Hall–Kier alpha value is -0.0800. The molecule has 2 nitrogen and oxygen atoms in total. The Morgan fingerprint density at radius 2 is 1.87 bits per heavy atom. The van der Waals surface area contributed by atoms with Gasteiger partial charge >= 0.3 is 0 Å². The van der Waals surface area contributed by atoms with Crippen molar-refractivity contribution in [3.05, 3.63) is 0 Å². The smallest absolute Gasteiger partial charge is 0.0583 e. The lowest BCUT2D eigenvalue weighted by atomic mass is 9.74. The molecule has 1 saturated heterocycles. The molecule has 2 aliphatic rings. The molecule has 5 unspecified atom stereocenters. The maximum atomic E-state index is 10.1. The van der Waals surface area contributed by atoms with Gasteiger partial charge in [0.1, 0.15) is 0 Å². The van der Waals surface area contributed by atoms with Crippen molar-refractivity contribution in [3.63, 3.8) is 0 Å². The molecule has 0 aromatic heterocycles. The Bertz CT molecular complexity index is 207. The molecule has 0 bridgehead atoms. The van der Waals surface area contributed by atoms with Crippen LogP contribution in [0, 0.1) is 11.8 Å². The van der Waals surface area contributed by atoms with E-state index in [4.69, 9.17) is 0 Å². The van der Waals surface area contributed by atoms with Crippen molar-refractivity contribution in [3.8, 4) is 0 Å². The minimum atomic E-state index is -0.0519. The standard InChI is InChI=1S/C13H25NO/c1-9-6-7-13(15)11(8-9)12-5-3-4-10(2)14-12/h9-15H,3-8H2,1-2H3. The van der Waals surface area contributed by atoms with Crippen molar-refractivity contribution >= 4 is 0 Å². The van der Waals surface area contributed by atoms with E-state index in [0.717, 1.165) is 12.3 Å². The summed E-state index contributed by atoms with van der Waals surface area (Å²) >= 11 is 0. The molecule has 1 aliphatic carbocycles. The molecule has 5 atom stereocenters. The highest BCUT2D eigenvalue weighted by Gasteiger charge is 2.34. The molecule has 0 aromatic rings. The Labute approximate surface area is 93.5 Å². The molecule has 1 heterocycles. The first-order valence-electron chi connectivity index (χ1n) is 6.61. The van der Waals surface area contributed by atoms with Gasteiger partial charge in [0, 0.05) is 18.0 Å². The predicted octanol–water partition coefficient (Wildman–Crippen LogP) is 2.31. The van der Waals surface area contributed by atoms with Gasteiger partial charge < -0.3 is 10.4 Å². The zero-order chi connectivity index (χ0) is 10.8. The monoisotopic (exact) mass is 211 g/mol. The number of rotatable bonds is 1. The van der Waals surface area contributed by atoms with Gasteiger partial charge in [0.2, 0.25) is 0 Å². The molecule has 15 heavy (non-hydrogen) atoms. The third kappa shape index (κ3) is 2.73. The molecule has 0 amide bonds. The average Bonchev–Trinajstić information content (AvgIpc) is 2.22. The highest BCUT2D eigenvalue weighted by molar-refractivity contribution is 4.90. The fourth-order valence-corrected chi connectivity index (χ4v) is 3.36. The summed E-state index contributed by atoms with van der Waals surface area (Å²) in [5, 5.41) is 13.8. The minimum Gasteiger partial charge on any atom is -0.393 e. The van der Waals surface area contributed by atoms with Crippen LogP contribution in [0.2, 0.25) is 0 Å². The number of aliphatic hydroxyl groups is 1. The topological polar surface area (TPSA) is 32.3 Å². The Morgan fingerprint density at radius 3 is 2.60 bits per heavy atom. The Morgan fingerprint density at radius 1 is 1.07 bits per heavy atom. The number of nitrogens with one attached hydrogen (secondary N) is 1. The molecule has 2 rings (SSSR count). The van der Waals surface area contributed by atoms with Gasteiger partial charge in [0.15, 0.2) is 0 Å². The first-order chi connectivity index (χ1) is 7.16. The lowest BCUT2D eigenvalue weighted by Crippen LogP contribution is -2.50. The van der Waals surface area contributed by atoms with E-state index < -0.39 is 0 Å². The van der Waals surface area contributed by atoms with Crippen LogP contribution in [0.5, 0.6) is 0 Å². The first-order valence-corrected chi connectivity index (χ1v) is 6.61. The van der Waals surface area contributed by atoms with Crippen molar-refractivity contribution in [1.82, 2.24) is 5.32 Å². The number of piperidine rings is 1. The summed E-state index contributed by atoms with van der Waals surface area (Å²) in [7, 11) is 0. The summed E-state index contributed by atoms with van der Waals surface area (Å²) < 4.78 is 0. The van der Waals surface area contributed by atoms with Crippen LogP contribution in [-0.2, 0) is 0 Å². The summed E-state index contributed by atoms with van der Waals surface area (Å²) in [5.74, 6) is 1.31. The van der Waals surface area contributed by atoms with E-state index in [-0.39, 0.29) is 6.10 Å². The molecule has 1 aliphatic heterocycles. The van der Waals surface area contributed by atoms with Crippen LogP contribution >= 0.6 is 0 Å². The minimum absolute atomic E-state index is 0.0519. The second-order valence-electron chi connectivity index (χ2n) is 5.75. The molecule has 1 saturated carbocycles. The molecule has 2 N–H and O–H groups in total. The molecule has 88 valence electrons. The van der Waals surface area contributed by atoms with Gasteiger partial charge in [-0.3, -0.25) is 0 Å². The number of aliphatic hydroxyl groups excluding tert-OH is 1. The van der Waals surface area contributed by atoms with E-state index in [1.54, 1.807) is 0 Å². The maximum Gasteiger partial charge on any atom is 0.0583 e. The van der Waals surface area contributed by atoms with Crippen LogP contribution in [-0.4, -0.2) is 23.3 Å². The highest BCUT2D eigenvalue weighted by Crippen LogP contribution is 2.34. The van der Waals surface area contributed by atoms with E-state index in [1.165, 1.54) is 32.1 Å². The van der Waals surface area contributed by atoms with Gasteiger partial charge in [-0.05, 0) is 44.9 Å². The van der Waals surface area contributed by atoms with Gasteiger partial charge in [0.25, 0.3) is 0 Å². The van der Waals surface area contributed by atoms with Gasteiger partial charge in [-0.15, -0.1) is 0 Å². The quantitative estimate of drug-likeness (QED) is 0.697. The Kier molecular flexibility index (Phi) is 3.68. The summed E-state index contributed by atoms with van der Waals surface area (Å²) in [6.45, 7) is 4.59. The SMILES string of the molecule is CC1CCC(O)C(C2CCCC(C)N2)C1. The van der Waals surface area contributed by atoms with Crippen LogP contribution < -0.4 is 5.32 Å². The predicted molar refractivity (Wildman–Crippen MR) is 62.7 cm³/mol. The third-order valence-corrected chi connectivity index (χ3v) is 4.29. The molecular weight excluding hydrogens is 186 g/mol. The van der Waals surface area contributed by atoms with E-state index in [1.807, 2.05) is 0 Å². The van der Waals surface area contributed by atoms with Crippen molar-refractivity contribution in [2.75, 3.05) is 0 Å². The Balaban J connectivity index is 1.94. The van der Waals surface area contributed by atoms with E-state index >= 15 is 0 Å². The molecule has 0 aromatic carbocycles. The first kappa shape index (κ1) is 11.4. The van der Waals surface area contributed by atoms with Crippen LogP contribution in [0.1, 0.15) is 52.4 Å². The van der Waals surface area contributed by atoms with E-state index in [9.17, 15) is 5.11 Å². The lowest BCUT2D eigenvalue weighted by Gasteiger charge is -2.41. The molecule has 2 fully saturated rings. The zero-order valence-corrected chi connectivity index (χ0v) is 10.1. The summed E-state index contributed by atoms with van der Waals surface area (Å²) in [5.41, 5.74) is 0. The lowest BCUT2D eigenvalue weighted by molar-refractivity contribution is 0.0221. The molecule has 0 spiro atoms. The second kappa shape index (κ2) is 4.84. The van der Waals surface area contributed by atoms with Gasteiger partial charge in [0.05, 0.1) is 6.10 Å². The van der Waals surface area contributed by atoms with Crippen LogP contribution in [0.3, 0.4) is 0 Å². The third-order valence-electron chi connectivity index (χ3n) is 4.29. The molecule has 0 radical (unpaired) electrons. The van der Waals surface area contributed by atoms with Gasteiger partial charge in [-0.2, -0.15) is 0 Å². The average molecular weight is 211 g/mol. The van der Waals surface area contributed by atoms with Crippen LogP contribution in [0.4, 0.5) is 0 Å². The van der Waals surface area contributed by atoms with Gasteiger partial charge in [-0.1, -0.05) is 13.3 Å². The van der Waals surface area contributed by atoms with Crippen molar-refractivity contribution in [1.29, 1.82) is 0 Å². The largest absolute Gasteiger partial charge is 0.393 e. The fraction of sp³-hybridized carbons (Fsp3) is 1.00. The van der Waals surface area contributed by atoms with Crippen LogP contribution in [0.25, 0.3) is 0 Å². The van der Waals surface area contributed by atoms with E-state index in [2.05, 4.69) is 19.2 Å². The molecule has 2 heteroatoms. The maximum absolute atomic E-state index is 10.1. The highest BCUT2D eigenvalue weighted by atomic mass is 16.3. The summed E-state index contributed by atoms with van der Waals surface area (Å²) in [6, 6.07) is 1.22. The fourth-order valence-electron chi connectivity index (χ4n) is 3.36. The normalized spacial score (nSPS) is 47.8. The molecular formula is C13H25NO. The van der Waals surface area contributed by atoms with Crippen molar-refractivity contribution in [2.45, 2.75) is 70.6 Å². The number of hydrogen-bond acceptors (Lipinski definition) is 2. The van der Waals surface area contributed by atoms with Crippen molar-refractivity contribution in [2.24, 2.45) is 11.8 Å². The zero-order valence-electron chi connectivity index (χ0n) is 10.1. The summed E-state index contributed by atoms with van der Waals surface area (Å²) in [6.07, 6.45) is 7.28. The van der Waals surface area contributed by atoms with Gasteiger partial charge in [-0.25, -0.2) is 0 Å². The number of hydrogen-bond donors (Lipinski definition) is 2. The second-order valence-corrected chi connectivity index (χ2v) is 5.75. The van der Waals surface area contributed by atoms with E-state index in [0.29, 0.717) is 18.0 Å².